The van der Waals surface area contributed by atoms with E-state index in [-0.39, 0.29) is 11.8 Å². The van der Waals surface area contributed by atoms with Gasteiger partial charge in [-0.1, -0.05) is 17.7 Å². The monoisotopic (exact) mass is 309 g/mol. The molecular weight excluding hydrogens is 290 g/mol. The number of hydrogen-bond acceptors (Lipinski definition) is 3. The minimum absolute atomic E-state index is 0.150. The van der Waals surface area contributed by atoms with E-state index in [0.29, 0.717) is 24.5 Å². The molecule has 0 spiro atoms. The van der Waals surface area contributed by atoms with Crippen LogP contribution in [0.2, 0.25) is 5.02 Å². The molecule has 2 rings (SSSR count). The topological polar surface area (TPSA) is 61.4 Å². The predicted molar refractivity (Wildman–Crippen MR) is 83.5 cm³/mol. The van der Waals surface area contributed by atoms with Crippen molar-refractivity contribution in [1.82, 2.24) is 10.6 Å². The van der Waals surface area contributed by atoms with E-state index in [4.69, 9.17) is 11.6 Å². The van der Waals surface area contributed by atoms with Gasteiger partial charge >= 0.3 is 0 Å². The van der Waals surface area contributed by atoms with Crippen molar-refractivity contribution in [3.8, 4) is 0 Å². The highest BCUT2D eigenvalue weighted by Crippen LogP contribution is 2.27. The van der Waals surface area contributed by atoms with E-state index in [1.807, 2.05) is 13.1 Å². The van der Waals surface area contributed by atoms with E-state index in [1.54, 1.807) is 23.1 Å². The Hall–Kier alpha value is -1.59. The van der Waals surface area contributed by atoms with Crippen molar-refractivity contribution in [3.63, 3.8) is 0 Å². The van der Waals surface area contributed by atoms with Crippen LogP contribution in [0, 0.1) is 5.92 Å². The van der Waals surface area contributed by atoms with Gasteiger partial charge in [-0.05, 0) is 44.6 Å². The number of amides is 2. The van der Waals surface area contributed by atoms with Crippen LogP contribution in [0.15, 0.2) is 24.3 Å². The molecule has 6 heteroatoms. The predicted octanol–water partition coefficient (Wildman–Crippen LogP) is 1.42. The summed E-state index contributed by atoms with van der Waals surface area (Å²) in [5.41, 5.74) is 0.748. The lowest BCUT2D eigenvalue weighted by Crippen LogP contribution is -2.37. The minimum atomic E-state index is -0.585. The van der Waals surface area contributed by atoms with Gasteiger partial charge in [0.2, 0.25) is 11.8 Å². The molecular formula is C15H20ClN3O2. The number of rotatable bonds is 6. The van der Waals surface area contributed by atoms with E-state index in [1.165, 1.54) is 0 Å². The van der Waals surface area contributed by atoms with Crippen LogP contribution in [0.4, 0.5) is 5.69 Å². The fourth-order valence-electron chi connectivity index (χ4n) is 2.42. The first-order chi connectivity index (χ1) is 10.1. The second-order valence-corrected chi connectivity index (χ2v) is 5.50. The Kier molecular flexibility index (Phi) is 5.59. The summed E-state index contributed by atoms with van der Waals surface area (Å²) < 4.78 is 0. The Labute approximate surface area is 129 Å². The van der Waals surface area contributed by atoms with Gasteiger partial charge in [-0.15, -0.1) is 0 Å². The average Bonchev–Trinajstić information content (AvgIpc) is 2.85. The lowest BCUT2D eigenvalue weighted by atomic mass is 10.1. The van der Waals surface area contributed by atoms with Crippen LogP contribution >= 0.6 is 11.6 Å². The molecule has 1 aromatic carbocycles. The molecule has 1 unspecified atom stereocenters. The largest absolute Gasteiger partial charge is 0.355 e. The van der Waals surface area contributed by atoms with Gasteiger partial charge in [0, 0.05) is 23.8 Å². The molecule has 0 radical (unpaired) electrons. The summed E-state index contributed by atoms with van der Waals surface area (Å²) in [6, 6.07) is 7.14. The fraction of sp³-hybridized carbons (Fsp3) is 0.467. The molecule has 1 saturated heterocycles. The minimum Gasteiger partial charge on any atom is -0.355 e. The quantitative estimate of drug-likeness (QED) is 0.617. The standard InChI is InChI=1S/C15H20ClN3O2/c1-17-7-3-8-18-14(20)13-6-9-19(15(13)21)12-5-2-4-11(16)10-12/h2,4-5,10,13,17H,3,6-9H2,1H3,(H,18,20). The Balaban J connectivity index is 1.93. The van der Waals surface area contributed by atoms with Crippen LogP contribution in [0.25, 0.3) is 0 Å². The SMILES string of the molecule is CNCCCNC(=O)C1CCN(c2cccc(Cl)c2)C1=O. The van der Waals surface area contributed by atoms with E-state index in [0.717, 1.165) is 18.7 Å². The summed E-state index contributed by atoms with van der Waals surface area (Å²) in [7, 11) is 1.87. The molecule has 5 nitrogen and oxygen atoms in total. The summed E-state index contributed by atoms with van der Waals surface area (Å²) in [4.78, 5) is 26.0. The molecule has 1 aromatic rings. The molecule has 1 aliphatic heterocycles. The normalized spacial score (nSPS) is 18.1. The van der Waals surface area contributed by atoms with Gasteiger partial charge in [0.15, 0.2) is 0 Å². The van der Waals surface area contributed by atoms with Gasteiger partial charge in [0.05, 0.1) is 0 Å². The van der Waals surface area contributed by atoms with E-state index >= 15 is 0 Å². The first-order valence-corrected chi connectivity index (χ1v) is 7.50. The maximum atomic E-state index is 12.4. The fourth-order valence-corrected chi connectivity index (χ4v) is 2.61. The Bertz CT molecular complexity index is 521. The molecule has 1 fully saturated rings. The van der Waals surface area contributed by atoms with Crippen molar-refractivity contribution in [3.05, 3.63) is 29.3 Å². The molecule has 1 aliphatic rings. The third-order valence-corrected chi connectivity index (χ3v) is 3.78. The first-order valence-electron chi connectivity index (χ1n) is 7.12. The van der Waals surface area contributed by atoms with E-state index in [9.17, 15) is 9.59 Å². The summed E-state index contributed by atoms with van der Waals surface area (Å²) in [6.45, 7) is 1.97. The zero-order chi connectivity index (χ0) is 15.2. The Morgan fingerprint density at radius 1 is 1.43 bits per heavy atom. The number of anilines is 1. The highest BCUT2D eigenvalue weighted by atomic mass is 35.5. The van der Waals surface area contributed by atoms with Crippen molar-refractivity contribution in [2.24, 2.45) is 5.92 Å². The molecule has 0 aromatic heterocycles. The number of benzene rings is 1. The number of halogens is 1. The van der Waals surface area contributed by atoms with Crippen LogP contribution in [-0.4, -0.2) is 38.5 Å². The summed E-state index contributed by atoms with van der Waals surface area (Å²) >= 11 is 5.94. The van der Waals surface area contributed by atoms with E-state index in [2.05, 4.69) is 10.6 Å². The number of carbonyl (C=O) groups excluding carboxylic acids is 2. The zero-order valence-electron chi connectivity index (χ0n) is 12.1. The lowest BCUT2D eigenvalue weighted by molar-refractivity contribution is -0.132. The zero-order valence-corrected chi connectivity index (χ0v) is 12.8. The molecule has 1 heterocycles. The second-order valence-electron chi connectivity index (χ2n) is 5.06. The van der Waals surface area contributed by atoms with Crippen LogP contribution in [-0.2, 0) is 9.59 Å². The van der Waals surface area contributed by atoms with Gasteiger partial charge in [0.25, 0.3) is 0 Å². The molecule has 0 aliphatic carbocycles. The van der Waals surface area contributed by atoms with E-state index < -0.39 is 5.92 Å². The molecule has 0 bridgehead atoms. The lowest BCUT2D eigenvalue weighted by Gasteiger charge is -2.17. The first kappa shape index (κ1) is 15.8. The third kappa shape index (κ3) is 3.95. The third-order valence-electron chi connectivity index (χ3n) is 3.54. The van der Waals surface area contributed by atoms with Crippen molar-refractivity contribution in [1.29, 1.82) is 0 Å². The smallest absolute Gasteiger partial charge is 0.239 e. The summed E-state index contributed by atoms with van der Waals surface area (Å²) in [5, 5.41) is 6.42. The number of hydrogen-bond donors (Lipinski definition) is 2. The molecule has 0 saturated carbocycles. The maximum absolute atomic E-state index is 12.4. The average molecular weight is 310 g/mol. The second kappa shape index (κ2) is 7.43. The molecule has 21 heavy (non-hydrogen) atoms. The Morgan fingerprint density at radius 3 is 2.95 bits per heavy atom. The number of carbonyl (C=O) groups is 2. The van der Waals surface area contributed by atoms with Gasteiger partial charge in [-0.2, -0.15) is 0 Å². The van der Waals surface area contributed by atoms with Gasteiger partial charge in [-0.3, -0.25) is 9.59 Å². The van der Waals surface area contributed by atoms with Gasteiger partial charge in [0.1, 0.15) is 5.92 Å². The van der Waals surface area contributed by atoms with Crippen molar-refractivity contribution < 1.29 is 9.59 Å². The van der Waals surface area contributed by atoms with Crippen molar-refractivity contribution in [2.45, 2.75) is 12.8 Å². The highest BCUT2D eigenvalue weighted by molar-refractivity contribution is 6.31. The van der Waals surface area contributed by atoms with Gasteiger partial charge in [-0.25, -0.2) is 0 Å². The van der Waals surface area contributed by atoms with Crippen molar-refractivity contribution >= 4 is 29.1 Å². The van der Waals surface area contributed by atoms with Crippen LogP contribution in [0.1, 0.15) is 12.8 Å². The molecule has 114 valence electrons. The number of nitrogens with zero attached hydrogens (tertiary/aromatic N) is 1. The summed E-state index contributed by atoms with van der Waals surface area (Å²) in [6.07, 6.45) is 1.39. The Morgan fingerprint density at radius 2 is 2.24 bits per heavy atom. The molecule has 1 atom stereocenters. The van der Waals surface area contributed by atoms with Gasteiger partial charge < -0.3 is 15.5 Å². The van der Waals surface area contributed by atoms with Crippen LogP contribution < -0.4 is 15.5 Å². The number of nitrogens with one attached hydrogen (secondary N) is 2. The van der Waals surface area contributed by atoms with Crippen LogP contribution in [0.3, 0.4) is 0 Å². The van der Waals surface area contributed by atoms with Crippen molar-refractivity contribution in [2.75, 3.05) is 31.6 Å². The summed E-state index contributed by atoms with van der Waals surface area (Å²) in [5.74, 6) is -0.914. The van der Waals surface area contributed by atoms with Crippen LogP contribution in [0.5, 0.6) is 0 Å². The molecule has 2 N–H and O–H groups in total. The molecule has 2 amide bonds. The maximum Gasteiger partial charge on any atom is 0.239 e. The highest BCUT2D eigenvalue weighted by Gasteiger charge is 2.37.